The number of rotatable bonds is 5. The third-order valence-corrected chi connectivity index (χ3v) is 4.55. The second kappa shape index (κ2) is 8.10. The molecule has 3 N–H and O–H groups in total. The summed E-state index contributed by atoms with van der Waals surface area (Å²) in [5.41, 5.74) is -0.774. The molecule has 11 heteroatoms. The van der Waals surface area contributed by atoms with E-state index in [1.807, 2.05) is 0 Å². The van der Waals surface area contributed by atoms with Crippen molar-refractivity contribution in [1.29, 1.82) is 0 Å². The molecule has 162 valence electrons. The predicted octanol–water partition coefficient (Wildman–Crippen LogP) is 2.28. The topological polar surface area (TPSA) is 108 Å². The molecule has 1 aliphatic heterocycles. The van der Waals surface area contributed by atoms with E-state index >= 15 is 0 Å². The first-order valence-corrected chi connectivity index (χ1v) is 9.27. The first-order chi connectivity index (χ1) is 15.2. The van der Waals surface area contributed by atoms with Gasteiger partial charge in [-0.1, -0.05) is 0 Å². The lowest BCUT2D eigenvalue weighted by Gasteiger charge is -2.17. The summed E-state index contributed by atoms with van der Waals surface area (Å²) in [5.74, 6) is -0.810. The summed E-state index contributed by atoms with van der Waals surface area (Å²) in [4.78, 5) is 35.1. The largest absolute Gasteiger partial charge is 0.419 e. The van der Waals surface area contributed by atoms with Gasteiger partial charge >= 0.3 is 6.18 Å². The number of fused-ring (bicyclic) bond motifs is 1. The number of alkyl halides is 3. The van der Waals surface area contributed by atoms with Gasteiger partial charge in [0.15, 0.2) is 0 Å². The van der Waals surface area contributed by atoms with E-state index < -0.39 is 17.6 Å². The van der Waals surface area contributed by atoms with E-state index in [4.69, 9.17) is 0 Å². The Bertz CT molecular complexity index is 1350. The molecule has 1 aromatic carbocycles. The minimum atomic E-state index is -4.69. The quantitative estimate of drug-likeness (QED) is 0.562. The van der Waals surface area contributed by atoms with Crippen LogP contribution in [0.2, 0.25) is 0 Å². The summed E-state index contributed by atoms with van der Waals surface area (Å²) in [5, 5.41) is 9.03. The van der Waals surface area contributed by atoms with Crippen molar-refractivity contribution in [3.05, 3.63) is 70.5 Å². The average Bonchev–Trinajstić information content (AvgIpc) is 3.12. The van der Waals surface area contributed by atoms with Crippen LogP contribution in [0.3, 0.4) is 0 Å². The highest BCUT2D eigenvalue weighted by molar-refractivity contribution is 6.06. The number of anilines is 4. The molecule has 0 spiro atoms. The van der Waals surface area contributed by atoms with Gasteiger partial charge in [0, 0.05) is 42.5 Å². The fourth-order valence-electron chi connectivity index (χ4n) is 3.09. The van der Waals surface area contributed by atoms with Crippen LogP contribution in [0, 0.1) is 0 Å². The first-order valence-electron chi connectivity index (χ1n) is 9.27. The lowest BCUT2D eigenvalue weighted by molar-refractivity contribution is -0.137. The lowest BCUT2D eigenvalue weighted by atomic mass is 10.2. The van der Waals surface area contributed by atoms with Crippen molar-refractivity contribution < 1.29 is 22.8 Å². The number of halogens is 3. The third-order valence-electron chi connectivity index (χ3n) is 4.55. The van der Waals surface area contributed by atoms with Gasteiger partial charge in [0.2, 0.25) is 0 Å². The minimum Gasteiger partial charge on any atom is -0.355 e. The van der Waals surface area contributed by atoms with Crippen LogP contribution in [0.25, 0.3) is 6.08 Å². The Morgan fingerprint density at radius 1 is 1.06 bits per heavy atom. The van der Waals surface area contributed by atoms with Crippen molar-refractivity contribution in [2.45, 2.75) is 6.18 Å². The second-order valence-corrected chi connectivity index (χ2v) is 6.71. The van der Waals surface area contributed by atoms with Gasteiger partial charge < -0.3 is 16.0 Å². The fourth-order valence-corrected chi connectivity index (χ4v) is 3.09. The van der Waals surface area contributed by atoms with Crippen LogP contribution in [-0.4, -0.2) is 28.8 Å². The van der Waals surface area contributed by atoms with Crippen LogP contribution in [0.1, 0.15) is 15.9 Å². The van der Waals surface area contributed by atoms with Crippen molar-refractivity contribution in [2.24, 2.45) is 4.99 Å². The number of hydrogen-bond donors (Lipinski definition) is 3. The van der Waals surface area contributed by atoms with Crippen molar-refractivity contribution in [1.82, 2.24) is 15.3 Å². The van der Waals surface area contributed by atoms with Crippen molar-refractivity contribution in [2.75, 3.05) is 17.7 Å². The van der Waals surface area contributed by atoms with E-state index in [9.17, 15) is 22.8 Å². The highest BCUT2D eigenvalue weighted by Crippen LogP contribution is 2.37. The van der Waals surface area contributed by atoms with Gasteiger partial charge in [0.25, 0.3) is 11.8 Å². The van der Waals surface area contributed by atoms with Gasteiger partial charge in [-0.15, -0.1) is 0 Å². The molecule has 4 rings (SSSR count). The van der Waals surface area contributed by atoms with Gasteiger partial charge in [-0.3, -0.25) is 9.59 Å². The molecule has 8 nitrogen and oxygen atoms in total. The van der Waals surface area contributed by atoms with Gasteiger partial charge in [-0.2, -0.15) is 13.2 Å². The maximum Gasteiger partial charge on any atom is 0.419 e. The zero-order valence-electron chi connectivity index (χ0n) is 16.5. The van der Waals surface area contributed by atoms with Crippen molar-refractivity contribution in [3.63, 3.8) is 0 Å². The summed E-state index contributed by atoms with van der Waals surface area (Å²) >= 11 is 0. The maximum absolute atomic E-state index is 13.6. The van der Waals surface area contributed by atoms with Crippen LogP contribution >= 0.6 is 0 Å². The highest BCUT2D eigenvalue weighted by atomic mass is 19.4. The van der Waals surface area contributed by atoms with E-state index in [0.29, 0.717) is 22.5 Å². The maximum atomic E-state index is 13.6. The Morgan fingerprint density at radius 3 is 2.62 bits per heavy atom. The molecule has 1 aliphatic rings. The Kier molecular flexibility index (Phi) is 5.31. The van der Waals surface area contributed by atoms with Gasteiger partial charge in [-0.25, -0.2) is 15.0 Å². The van der Waals surface area contributed by atoms with E-state index in [2.05, 4.69) is 30.9 Å². The monoisotopic (exact) mass is 440 g/mol. The Balaban J connectivity index is 1.71. The van der Waals surface area contributed by atoms with Gasteiger partial charge in [0.05, 0.1) is 22.2 Å². The number of hydrogen-bond acceptors (Lipinski definition) is 6. The summed E-state index contributed by atoms with van der Waals surface area (Å²) in [6, 6.07) is 8.99. The molecule has 0 aliphatic carbocycles. The number of amides is 2. The van der Waals surface area contributed by atoms with Crippen LogP contribution in [-0.2, 0) is 11.0 Å². The normalized spacial score (nSPS) is 12.4. The molecule has 0 bridgehead atoms. The zero-order chi connectivity index (χ0) is 22.9. The average molecular weight is 440 g/mol. The SMILES string of the molecule is CNC(=O)c1cccnc1Nc1cc(Nc2ccc3c(c2)=CC(=O)N=3)ncc1C(F)(F)F. The predicted molar refractivity (Wildman–Crippen MR) is 110 cm³/mol. The second-order valence-electron chi connectivity index (χ2n) is 6.71. The molecule has 2 amide bonds. The number of carbonyl (C=O) groups excluding carboxylic acids is 2. The number of pyridine rings is 2. The smallest absolute Gasteiger partial charge is 0.355 e. The lowest BCUT2D eigenvalue weighted by Crippen LogP contribution is -2.21. The van der Waals surface area contributed by atoms with Gasteiger partial charge in [0.1, 0.15) is 11.6 Å². The summed E-state index contributed by atoms with van der Waals surface area (Å²) in [7, 11) is 1.41. The molecule has 32 heavy (non-hydrogen) atoms. The Morgan fingerprint density at radius 2 is 1.88 bits per heavy atom. The number of benzene rings is 1. The molecule has 2 aromatic heterocycles. The first kappa shape index (κ1) is 21.0. The molecule has 0 saturated carbocycles. The standard InChI is InChI=1S/C21H15F3N6O2/c1-25-20(32)13-3-2-6-26-19(13)30-16-9-17(27-10-14(16)21(22,23)24)28-12-4-5-15-11(7-12)8-18(31)29-15/h2-10H,1H3,(H,25,32)(H2,26,27,28,30). The summed E-state index contributed by atoms with van der Waals surface area (Å²) in [6.45, 7) is 0. The minimum absolute atomic E-state index is 0.0400. The van der Waals surface area contributed by atoms with Crippen LogP contribution in [0.15, 0.2) is 53.8 Å². The molecular formula is C21H15F3N6O2. The van der Waals surface area contributed by atoms with Crippen molar-refractivity contribution in [3.8, 4) is 0 Å². The Hall–Kier alpha value is -4.28. The molecule has 0 atom stereocenters. The third kappa shape index (κ3) is 4.26. The molecular weight excluding hydrogens is 425 g/mol. The van der Waals surface area contributed by atoms with Gasteiger partial charge in [-0.05, 0) is 30.3 Å². The number of nitrogens with one attached hydrogen (secondary N) is 3. The van der Waals surface area contributed by atoms with Crippen molar-refractivity contribution >= 4 is 40.9 Å². The zero-order valence-corrected chi connectivity index (χ0v) is 16.5. The number of nitrogens with zero attached hydrogens (tertiary/aromatic N) is 3. The molecule has 0 saturated heterocycles. The van der Waals surface area contributed by atoms with E-state index in [-0.39, 0.29) is 28.8 Å². The molecule has 0 fully saturated rings. The number of carbonyl (C=O) groups is 2. The van der Waals surface area contributed by atoms with Crippen LogP contribution in [0.5, 0.6) is 0 Å². The highest BCUT2D eigenvalue weighted by Gasteiger charge is 2.34. The number of aromatic nitrogens is 2. The molecule has 0 radical (unpaired) electrons. The summed E-state index contributed by atoms with van der Waals surface area (Å²) < 4.78 is 40.7. The van der Waals surface area contributed by atoms with Crippen LogP contribution in [0.4, 0.5) is 36.2 Å². The van der Waals surface area contributed by atoms with Crippen LogP contribution < -0.4 is 26.5 Å². The summed E-state index contributed by atoms with van der Waals surface area (Å²) in [6.07, 6.45) is -1.30. The Labute approximate surface area is 178 Å². The molecule has 3 aromatic rings. The molecule has 0 unspecified atom stereocenters. The fraction of sp³-hybridized carbons (Fsp3) is 0.0952. The van der Waals surface area contributed by atoms with E-state index in [0.717, 1.165) is 6.07 Å². The molecule has 3 heterocycles. The van der Waals surface area contributed by atoms with E-state index in [1.54, 1.807) is 18.2 Å². The van der Waals surface area contributed by atoms with E-state index in [1.165, 1.54) is 31.5 Å².